The van der Waals surface area contributed by atoms with Crippen LogP contribution in [0.5, 0.6) is 5.75 Å². The number of nitrogen functional groups attached to an aromatic ring is 1. The largest absolute Gasteiger partial charge is 0.494 e. The number of likely N-dealkylation sites (N-methyl/N-ethyl adjacent to an activating group) is 1. The standard InChI is InChI=1S/C16H27N3O/c1-4-19-9-8-18(11-13(19)3)12-14-10-15(17)6-7-16(14)20-5-2/h6-7,10,13H,4-5,8-9,11-12,17H2,1-3H3. The Kier molecular flexibility index (Phi) is 5.26. The normalized spacial score (nSPS) is 21.1. The molecule has 0 radical (unpaired) electrons. The zero-order chi connectivity index (χ0) is 14.5. The molecule has 0 aliphatic carbocycles. The average Bonchev–Trinajstić information content (AvgIpc) is 2.42. The molecular formula is C16H27N3O. The van der Waals surface area contributed by atoms with Crippen LogP contribution in [0.2, 0.25) is 0 Å². The molecule has 1 aliphatic heterocycles. The highest BCUT2D eigenvalue weighted by Gasteiger charge is 2.22. The molecule has 1 atom stereocenters. The number of nitrogens with zero attached hydrogens (tertiary/aromatic N) is 2. The van der Waals surface area contributed by atoms with Gasteiger partial charge in [-0.15, -0.1) is 0 Å². The monoisotopic (exact) mass is 277 g/mol. The van der Waals surface area contributed by atoms with E-state index in [-0.39, 0.29) is 0 Å². The van der Waals surface area contributed by atoms with Crippen LogP contribution in [0.1, 0.15) is 26.3 Å². The van der Waals surface area contributed by atoms with Crippen LogP contribution in [0.3, 0.4) is 0 Å². The highest BCUT2D eigenvalue weighted by atomic mass is 16.5. The van der Waals surface area contributed by atoms with Crippen LogP contribution in [0.4, 0.5) is 5.69 Å². The molecule has 1 saturated heterocycles. The van der Waals surface area contributed by atoms with Crippen molar-refractivity contribution in [2.45, 2.75) is 33.4 Å². The summed E-state index contributed by atoms with van der Waals surface area (Å²) in [6, 6.07) is 6.55. The first-order valence-corrected chi connectivity index (χ1v) is 7.61. The molecule has 1 fully saturated rings. The zero-order valence-electron chi connectivity index (χ0n) is 12.9. The number of anilines is 1. The van der Waals surface area contributed by atoms with E-state index in [4.69, 9.17) is 10.5 Å². The predicted molar refractivity (Wildman–Crippen MR) is 84.0 cm³/mol. The van der Waals surface area contributed by atoms with Crippen molar-refractivity contribution < 1.29 is 4.74 Å². The molecule has 1 aliphatic rings. The third kappa shape index (κ3) is 3.64. The third-order valence-electron chi connectivity index (χ3n) is 4.03. The van der Waals surface area contributed by atoms with E-state index < -0.39 is 0 Å². The predicted octanol–water partition coefficient (Wildman–Crippen LogP) is 2.19. The maximum absolute atomic E-state index is 5.92. The van der Waals surface area contributed by atoms with Crippen LogP contribution < -0.4 is 10.5 Å². The summed E-state index contributed by atoms with van der Waals surface area (Å²) < 4.78 is 5.71. The zero-order valence-corrected chi connectivity index (χ0v) is 12.9. The van der Waals surface area contributed by atoms with E-state index in [1.165, 1.54) is 5.56 Å². The van der Waals surface area contributed by atoms with Gasteiger partial charge in [-0.25, -0.2) is 0 Å². The molecule has 0 spiro atoms. The fourth-order valence-corrected chi connectivity index (χ4v) is 2.94. The van der Waals surface area contributed by atoms with E-state index in [0.29, 0.717) is 12.6 Å². The number of ether oxygens (including phenoxy) is 1. The summed E-state index contributed by atoms with van der Waals surface area (Å²) in [5.41, 5.74) is 7.92. The van der Waals surface area contributed by atoms with Gasteiger partial charge in [-0.3, -0.25) is 9.80 Å². The van der Waals surface area contributed by atoms with Gasteiger partial charge in [0.05, 0.1) is 6.61 Å². The van der Waals surface area contributed by atoms with Gasteiger partial charge in [-0.05, 0) is 38.6 Å². The van der Waals surface area contributed by atoms with Gasteiger partial charge < -0.3 is 10.5 Å². The maximum Gasteiger partial charge on any atom is 0.123 e. The number of hydrogen-bond donors (Lipinski definition) is 1. The summed E-state index contributed by atoms with van der Waals surface area (Å²) in [5.74, 6) is 0.965. The summed E-state index contributed by atoms with van der Waals surface area (Å²) in [7, 11) is 0. The van der Waals surface area contributed by atoms with Gasteiger partial charge in [0.25, 0.3) is 0 Å². The number of benzene rings is 1. The molecule has 20 heavy (non-hydrogen) atoms. The van der Waals surface area contributed by atoms with Crippen LogP contribution in [0.15, 0.2) is 18.2 Å². The second-order valence-electron chi connectivity index (χ2n) is 5.51. The molecule has 4 heteroatoms. The van der Waals surface area contributed by atoms with Crippen LogP contribution in [0, 0.1) is 0 Å². The lowest BCUT2D eigenvalue weighted by Gasteiger charge is -2.39. The molecular weight excluding hydrogens is 250 g/mol. The van der Waals surface area contributed by atoms with Crippen molar-refractivity contribution in [2.24, 2.45) is 0 Å². The van der Waals surface area contributed by atoms with Gasteiger partial charge >= 0.3 is 0 Å². The van der Waals surface area contributed by atoms with Gasteiger partial charge in [0.2, 0.25) is 0 Å². The average molecular weight is 277 g/mol. The molecule has 2 rings (SSSR count). The molecule has 112 valence electrons. The van der Waals surface area contributed by atoms with E-state index in [2.05, 4.69) is 23.6 Å². The van der Waals surface area contributed by atoms with Crippen molar-refractivity contribution in [3.05, 3.63) is 23.8 Å². The smallest absolute Gasteiger partial charge is 0.123 e. The first kappa shape index (κ1) is 15.1. The SMILES string of the molecule is CCOc1ccc(N)cc1CN1CCN(CC)C(C)C1. The Balaban J connectivity index is 2.04. The van der Waals surface area contributed by atoms with Gasteiger partial charge in [0.1, 0.15) is 5.75 Å². The van der Waals surface area contributed by atoms with Crippen LogP contribution >= 0.6 is 0 Å². The van der Waals surface area contributed by atoms with E-state index in [9.17, 15) is 0 Å². The second-order valence-corrected chi connectivity index (χ2v) is 5.51. The van der Waals surface area contributed by atoms with E-state index in [0.717, 1.165) is 44.2 Å². The number of piperazine rings is 1. The van der Waals surface area contributed by atoms with E-state index in [1.807, 2.05) is 25.1 Å². The first-order valence-electron chi connectivity index (χ1n) is 7.61. The molecule has 1 unspecified atom stereocenters. The fraction of sp³-hybridized carbons (Fsp3) is 0.625. The quantitative estimate of drug-likeness (QED) is 0.838. The van der Waals surface area contributed by atoms with Crippen LogP contribution in [-0.2, 0) is 6.54 Å². The maximum atomic E-state index is 5.92. The topological polar surface area (TPSA) is 41.7 Å². The van der Waals surface area contributed by atoms with Crippen molar-refractivity contribution in [1.29, 1.82) is 0 Å². The lowest BCUT2D eigenvalue weighted by atomic mass is 10.1. The van der Waals surface area contributed by atoms with Gasteiger partial charge in [-0.2, -0.15) is 0 Å². The summed E-state index contributed by atoms with van der Waals surface area (Å²) >= 11 is 0. The molecule has 0 aromatic heterocycles. The Bertz CT molecular complexity index is 436. The lowest BCUT2D eigenvalue weighted by Crippen LogP contribution is -2.51. The van der Waals surface area contributed by atoms with E-state index in [1.54, 1.807) is 0 Å². The molecule has 0 saturated carbocycles. The summed E-state index contributed by atoms with van der Waals surface area (Å²) in [4.78, 5) is 5.02. The minimum atomic E-state index is 0.616. The van der Waals surface area contributed by atoms with Crippen molar-refractivity contribution >= 4 is 5.69 Å². The molecule has 1 aromatic carbocycles. The minimum Gasteiger partial charge on any atom is -0.494 e. The number of hydrogen-bond acceptors (Lipinski definition) is 4. The van der Waals surface area contributed by atoms with Crippen molar-refractivity contribution in [2.75, 3.05) is 38.5 Å². The van der Waals surface area contributed by atoms with Crippen LogP contribution in [-0.4, -0.2) is 48.6 Å². The van der Waals surface area contributed by atoms with Crippen LogP contribution in [0.25, 0.3) is 0 Å². The highest BCUT2D eigenvalue weighted by Crippen LogP contribution is 2.24. The second kappa shape index (κ2) is 6.95. The van der Waals surface area contributed by atoms with Crippen molar-refractivity contribution in [3.63, 3.8) is 0 Å². The first-order chi connectivity index (χ1) is 9.63. The van der Waals surface area contributed by atoms with Crippen molar-refractivity contribution in [1.82, 2.24) is 9.80 Å². The molecule has 2 N–H and O–H groups in total. The summed E-state index contributed by atoms with van der Waals surface area (Å²) in [5, 5.41) is 0. The number of nitrogens with two attached hydrogens (primary N) is 1. The van der Waals surface area contributed by atoms with Crippen molar-refractivity contribution in [3.8, 4) is 5.75 Å². The Morgan fingerprint density at radius 2 is 2.10 bits per heavy atom. The molecule has 0 bridgehead atoms. The summed E-state index contributed by atoms with van der Waals surface area (Å²) in [6.07, 6.45) is 0. The number of rotatable bonds is 5. The highest BCUT2D eigenvalue weighted by molar-refractivity contribution is 5.47. The molecule has 4 nitrogen and oxygen atoms in total. The fourth-order valence-electron chi connectivity index (χ4n) is 2.94. The Labute approximate surface area is 122 Å². The van der Waals surface area contributed by atoms with Gasteiger partial charge in [0.15, 0.2) is 0 Å². The minimum absolute atomic E-state index is 0.616. The molecule has 1 heterocycles. The third-order valence-corrected chi connectivity index (χ3v) is 4.03. The lowest BCUT2D eigenvalue weighted by molar-refractivity contribution is 0.0828. The Morgan fingerprint density at radius 3 is 2.75 bits per heavy atom. The summed E-state index contributed by atoms with van der Waals surface area (Å²) in [6.45, 7) is 12.7. The Hall–Kier alpha value is -1.26. The molecule has 1 aromatic rings. The van der Waals surface area contributed by atoms with E-state index >= 15 is 0 Å². The Morgan fingerprint density at radius 1 is 1.30 bits per heavy atom. The van der Waals surface area contributed by atoms with Gasteiger partial charge in [0, 0.05) is 43.5 Å². The molecule has 0 amide bonds. The van der Waals surface area contributed by atoms with Gasteiger partial charge in [-0.1, -0.05) is 6.92 Å².